The average molecular weight is 339 g/mol. The van der Waals surface area contributed by atoms with Crippen LogP contribution < -0.4 is 10.1 Å². The zero-order valence-electron chi connectivity index (χ0n) is 14.4. The molecule has 0 bridgehead atoms. The fourth-order valence-electron chi connectivity index (χ4n) is 3.95. The highest BCUT2D eigenvalue weighted by Gasteiger charge is 2.43. The Morgan fingerprint density at radius 3 is 3.00 bits per heavy atom. The monoisotopic (exact) mass is 339 g/mol. The van der Waals surface area contributed by atoms with E-state index in [2.05, 4.69) is 10.3 Å². The van der Waals surface area contributed by atoms with Crippen LogP contribution in [0.5, 0.6) is 5.75 Å². The van der Waals surface area contributed by atoms with E-state index in [4.69, 9.17) is 4.74 Å². The Balaban J connectivity index is 1.70. The molecule has 130 valence electrons. The third-order valence-electron chi connectivity index (χ3n) is 5.31. The molecule has 1 aromatic carbocycles. The van der Waals surface area contributed by atoms with Gasteiger partial charge in [-0.2, -0.15) is 0 Å². The number of piperidine rings is 1. The van der Waals surface area contributed by atoms with E-state index in [1.807, 2.05) is 36.1 Å². The van der Waals surface area contributed by atoms with Crippen LogP contribution in [0.25, 0.3) is 10.9 Å². The van der Waals surface area contributed by atoms with Crippen molar-refractivity contribution in [3.8, 4) is 5.75 Å². The Kier molecular flexibility index (Phi) is 3.82. The number of carbonyl (C=O) groups is 2. The van der Waals surface area contributed by atoms with Gasteiger partial charge in [-0.1, -0.05) is 0 Å². The van der Waals surface area contributed by atoms with Crippen molar-refractivity contribution >= 4 is 22.7 Å². The summed E-state index contributed by atoms with van der Waals surface area (Å²) >= 11 is 0. The molecule has 0 unspecified atom stereocenters. The summed E-state index contributed by atoms with van der Waals surface area (Å²) in [6.45, 7) is 3.09. The summed E-state index contributed by atoms with van der Waals surface area (Å²) in [5, 5.41) is 3.80. The van der Waals surface area contributed by atoms with Crippen LogP contribution in [-0.2, 0) is 4.79 Å². The maximum Gasteiger partial charge on any atom is 0.256 e. The first-order chi connectivity index (χ1) is 12.1. The zero-order valence-corrected chi connectivity index (χ0v) is 14.4. The van der Waals surface area contributed by atoms with Crippen molar-refractivity contribution in [1.29, 1.82) is 0 Å². The molecule has 2 aliphatic heterocycles. The highest BCUT2D eigenvalue weighted by atomic mass is 16.5. The number of aromatic nitrogens is 1. The summed E-state index contributed by atoms with van der Waals surface area (Å²) in [5.41, 5.74) is 2.12. The van der Waals surface area contributed by atoms with Gasteiger partial charge >= 0.3 is 0 Å². The van der Waals surface area contributed by atoms with Crippen LogP contribution in [0.4, 0.5) is 0 Å². The Morgan fingerprint density at radius 1 is 1.36 bits per heavy atom. The Labute approximate surface area is 146 Å². The number of nitrogens with one attached hydrogen (secondary N) is 1. The lowest BCUT2D eigenvalue weighted by atomic mass is 9.91. The minimum Gasteiger partial charge on any atom is -0.497 e. The molecule has 6 nitrogen and oxygen atoms in total. The molecular weight excluding hydrogens is 318 g/mol. The first-order valence-corrected chi connectivity index (χ1v) is 8.62. The molecule has 1 N–H and O–H groups in total. The number of rotatable bonds is 2. The predicted molar refractivity (Wildman–Crippen MR) is 93.6 cm³/mol. The van der Waals surface area contributed by atoms with E-state index in [-0.39, 0.29) is 23.8 Å². The van der Waals surface area contributed by atoms with Crippen LogP contribution in [0.15, 0.2) is 24.3 Å². The molecule has 6 heteroatoms. The minimum atomic E-state index is -0.0734. The lowest BCUT2D eigenvalue weighted by Gasteiger charge is -2.36. The smallest absolute Gasteiger partial charge is 0.256 e. The van der Waals surface area contributed by atoms with Crippen molar-refractivity contribution in [3.63, 3.8) is 0 Å². The molecule has 0 spiro atoms. The molecule has 2 saturated heterocycles. The largest absolute Gasteiger partial charge is 0.497 e. The number of amides is 2. The van der Waals surface area contributed by atoms with Gasteiger partial charge in [0.2, 0.25) is 5.91 Å². The molecule has 3 heterocycles. The van der Waals surface area contributed by atoms with Crippen molar-refractivity contribution in [3.05, 3.63) is 35.5 Å². The van der Waals surface area contributed by atoms with E-state index in [0.717, 1.165) is 29.5 Å². The molecule has 25 heavy (non-hydrogen) atoms. The quantitative estimate of drug-likeness (QED) is 0.907. The van der Waals surface area contributed by atoms with Gasteiger partial charge in [0.05, 0.1) is 35.8 Å². The molecular formula is C19H21N3O3. The second kappa shape index (κ2) is 6.02. The van der Waals surface area contributed by atoms with E-state index < -0.39 is 0 Å². The van der Waals surface area contributed by atoms with Gasteiger partial charge in [0.25, 0.3) is 5.91 Å². The molecule has 2 fully saturated rings. The number of likely N-dealkylation sites (tertiary alicyclic amines) is 1. The van der Waals surface area contributed by atoms with Crippen LogP contribution in [0.2, 0.25) is 0 Å². The van der Waals surface area contributed by atoms with Gasteiger partial charge in [0, 0.05) is 24.5 Å². The van der Waals surface area contributed by atoms with Gasteiger partial charge in [-0.05, 0) is 38.0 Å². The average Bonchev–Trinajstić information content (AvgIpc) is 3.01. The van der Waals surface area contributed by atoms with Gasteiger partial charge in [-0.15, -0.1) is 0 Å². The second-order valence-corrected chi connectivity index (χ2v) is 6.74. The van der Waals surface area contributed by atoms with Gasteiger partial charge in [-0.3, -0.25) is 14.6 Å². The molecule has 0 aliphatic carbocycles. The molecule has 4 rings (SSSR count). The highest BCUT2D eigenvalue weighted by molar-refractivity contribution is 5.99. The highest BCUT2D eigenvalue weighted by Crippen LogP contribution is 2.30. The summed E-state index contributed by atoms with van der Waals surface area (Å²) in [5.74, 6) is 0.709. The summed E-state index contributed by atoms with van der Waals surface area (Å²) < 4.78 is 5.24. The lowest BCUT2D eigenvalue weighted by Crippen LogP contribution is -2.48. The Morgan fingerprint density at radius 2 is 2.20 bits per heavy atom. The van der Waals surface area contributed by atoms with Crippen LogP contribution in [0.1, 0.15) is 28.9 Å². The first kappa shape index (κ1) is 15.9. The third kappa shape index (κ3) is 2.62. The maximum atomic E-state index is 13.2. The Bertz CT molecular complexity index is 864. The van der Waals surface area contributed by atoms with E-state index in [1.165, 1.54) is 0 Å². The van der Waals surface area contributed by atoms with Crippen molar-refractivity contribution < 1.29 is 14.3 Å². The van der Waals surface area contributed by atoms with Crippen molar-refractivity contribution in [2.24, 2.45) is 5.92 Å². The fraction of sp³-hybridized carbons (Fsp3) is 0.421. The predicted octanol–water partition coefficient (Wildman–Crippen LogP) is 1.90. The summed E-state index contributed by atoms with van der Waals surface area (Å²) in [4.78, 5) is 31.5. The fourth-order valence-corrected chi connectivity index (χ4v) is 3.95. The number of carbonyl (C=O) groups excluding carboxylic acids is 2. The van der Waals surface area contributed by atoms with Crippen LogP contribution in [0.3, 0.4) is 0 Å². The van der Waals surface area contributed by atoms with Crippen molar-refractivity contribution in [2.75, 3.05) is 20.2 Å². The molecule has 2 aliphatic rings. The molecule has 2 aromatic rings. The summed E-state index contributed by atoms with van der Waals surface area (Å²) in [7, 11) is 1.62. The molecule has 2 atom stereocenters. The number of ether oxygens (including phenoxy) is 1. The van der Waals surface area contributed by atoms with E-state index in [0.29, 0.717) is 24.3 Å². The second-order valence-electron chi connectivity index (χ2n) is 6.74. The lowest BCUT2D eigenvalue weighted by molar-refractivity contribution is -0.123. The molecule has 1 aromatic heterocycles. The number of nitrogens with zero attached hydrogens (tertiary/aromatic N) is 2. The number of aryl methyl sites for hydroxylation is 1. The van der Waals surface area contributed by atoms with Crippen LogP contribution >= 0.6 is 0 Å². The van der Waals surface area contributed by atoms with Crippen LogP contribution in [0, 0.1) is 12.8 Å². The maximum absolute atomic E-state index is 13.2. The van der Waals surface area contributed by atoms with Crippen molar-refractivity contribution in [1.82, 2.24) is 15.2 Å². The number of hydrogen-bond acceptors (Lipinski definition) is 4. The van der Waals surface area contributed by atoms with Gasteiger partial charge in [0.1, 0.15) is 5.75 Å². The van der Waals surface area contributed by atoms with Gasteiger partial charge in [-0.25, -0.2) is 0 Å². The number of pyridine rings is 1. The van der Waals surface area contributed by atoms with Gasteiger partial charge in [0.15, 0.2) is 0 Å². The standard InChI is InChI=1S/C19H21N3O3/c1-11-15(8-12-5-6-13(25-2)9-16(12)21-11)19(24)22-7-3-4-14-17(22)10-20-18(14)23/h5-6,8-9,14,17H,3-4,7,10H2,1-2H3,(H,20,23)/t14-,17-/m1/s1. The zero-order chi connectivity index (χ0) is 17.6. The number of fused-ring (bicyclic) bond motifs is 2. The van der Waals surface area contributed by atoms with E-state index >= 15 is 0 Å². The number of benzene rings is 1. The van der Waals surface area contributed by atoms with E-state index in [1.54, 1.807) is 7.11 Å². The first-order valence-electron chi connectivity index (χ1n) is 8.62. The number of methoxy groups -OCH3 is 1. The third-order valence-corrected chi connectivity index (χ3v) is 5.31. The SMILES string of the molecule is COc1ccc2cc(C(=O)N3CCC[C@H]4C(=O)NC[C@H]43)c(C)nc2c1. The minimum absolute atomic E-state index is 0.0334. The van der Waals surface area contributed by atoms with E-state index in [9.17, 15) is 9.59 Å². The Hall–Kier alpha value is -2.63. The molecule has 0 saturated carbocycles. The van der Waals surface area contributed by atoms with Crippen LogP contribution in [-0.4, -0.2) is 47.9 Å². The molecule has 2 amide bonds. The normalized spacial score (nSPS) is 22.6. The summed E-state index contributed by atoms with van der Waals surface area (Å²) in [6.07, 6.45) is 1.71. The summed E-state index contributed by atoms with van der Waals surface area (Å²) in [6, 6.07) is 7.50. The topological polar surface area (TPSA) is 71.5 Å². The van der Waals surface area contributed by atoms with Gasteiger partial charge < -0.3 is 15.0 Å². The molecule has 0 radical (unpaired) electrons. The number of hydrogen-bond donors (Lipinski definition) is 1. The van der Waals surface area contributed by atoms with Crippen molar-refractivity contribution in [2.45, 2.75) is 25.8 Å².